The minimum atomic E-state index is -1.11. The van der Waals surface area contributed by atoms with Crippen LogP contribution in [0.2, 0.25) is 0 Å². The number of methoxy groups -OCH3 is 1. The summed E-state index contributed by atoms with van der Waals surface area (Å²) in [6, 6.07) is 2.62. The van der Waals surface area contributed by atoms with Crippen LogP contribution >= 0.6 is 0 Å². The lowest BCUT2D eigenvalue weighted by atomic mass is 9.87. The van der Waals surface area contributed by atoms with Crippen molar-refractivity contribution in [2.75, 3.05) is 12.4 Å². The lowest BCUT2D eigenvalue weighted by Gasteiger charge is -2.27. The van der Waals surface area contributed by atoms with Crippen molar-refractivity contribution in [2.45, 2.75) is 31.8 Å². The molecule has 25 heavy (non-hydrogen) atoms. The number of pyridine rings is 1. The molecule has 136 valence electrons. The van der Waals surface area contributed by atoms with E-state index in [0.717, 1.165) is 0 Å². The summed E-state index contributed by atoms with van der Waals surface area (Å²) in [7, 11) is 1.36. The van der Waals surface area contributed by atoms with Crippen molar-refractivity contribution in [3.05, 3.63) is 18.1 Å². The Morgan fingerprint density at radius 1 is 1.20 bits per heavy atom. The number of nitrogens with two attached hydrogens (primary N) is 1. The maximum absolute atomic E-state index is 13.9. The number of aromatic nitrogens is 1. The van der Waals surface area contributed by atoms with Crippen LogP contribution in [0.25, 0.3) is 0 Å². The Labute approximate surface area is 143 Å². The SMILES string of the molecule is COC(=O)[C@H]1CC[C@H](Oc2ccc(NC(=O)C(=O)NN)c(F)n2)CC1. The number of anilines is 1. The van der Waals surface area contributed by atoms with Crippen molar-refractivity contribution in [3.63, 3.8) is 0 Å². The third-order valence-corrected chi connectivity index (χ3v) is 3.90. The maximum atomic E-state index is 13.9. The van der Waals surface area contributed by atoms with Crippen LogP contribution in [0.5, 0.6) is 5.88 Å². The van der Waals surface area contributed by atoms with E-state index in [1.807, 2.05) is 5.32 Å². The predicted octanol–water partition coefficient (Wildman–Crippen LogP) is 0.260. The van der Waals surface area contributed by atoms with Crippen LogP contribution in [-0.4, -0.2) is 36.0 Å². The molecule has 2 rings (SSSR count). The van der Waals surface area contributed by atoms with Gasteiger partial charge in [-0.3, -0.25) is 19.8 Å². The topological polar surface area (TPSA) is 133 Å². The highest BCUT2D eigenvalue weighted by molar-refractivity contribution is 6.39. The molecule has 1 aliphatic carbocycles. The molecule has 0 atom stereocenters. The summed E-state index contributed by atoms with van der Waals surface area (Å²) in [5, 5.41) is 2.04. The molecule has 1 heterocycles. The van der Waals surface area contributed by atoms with E-state index in [4.69, 9.17) is 15.3 Å². The van der Waals surface area contributed by atoms with Crippen molar-refractivity contribution >= 4 is 23.5 Å². The van der Waals surface area contributed by atoms with Gasteiger partial charge < -0.3 is 14.8 Å². The molecule has 0 spiro atoms. The number of hydrazine groups is 1. The minimum absolute atomic E-state index is 0.0558. The van der Waals surface area contributed by atoms with Gasteiger partial charge in [0.2, 0.25) is 11.8 Å². The fourth-order valence-electron chi connectivity index (χ4n) is 2.57. The van der Waals surface area contributed by atoms with Gasteiger partial charge in [0, 0.05) is 6.07 Å². The summed E-state index contributed by atoms with van der Waals surface area (Å²) in [6.45, 7) is 0. The number of nitrogens with zero attached hydrogens (tertiary/aromatic N) is 1. The van der Waals surface area contributed by atoms with E-state index in [1.54, 1.807) is 5.43 Å². The first-order chi connectivity index (χ1) is 11.9. The average molecular weight is 354 g/mol. The van der Waals surface area contributed by atoms with E-state index < -0.39 is 17.8 Å². The zero-order chi connectivity index (χ0) is 18.4. The van der Waals surface area contributed by atoms with Gasteiger partial charge in [-0.15, -0.1) is 0 Å². The summed E-state index contributed by atoms with van der Waals surface area (Å²) in [5.41, 5.74) is 1.37. The van der Waals surface area contributed by atoms with E-state index in [2.05, 4.69) is 4.98 Å². The molecular weight excluding hydrogens is 335 g/mol. The normalized spacial score (nSPS) is 19.6. The van der Waals surface area contributed by atoms with Gasteiger partial charge in [0.15, 0.2) is 0 Å². The van der Waals surface area contributed by atoms with Gasteiger partial charge in [0.1, 0.15) is 6.10 Å². The van der Waals surface area contributed by atoms with Crippen LogP contribution in [0, 0.1) is 11.9 Å². The van der Waals surface area contributed by atoms with Gasteiger partial charge in [-0.25, -0.2) is 5.84 Å². The molecule has 0 radical (unpaired) electrons. The molecular formula is C15H19FN4O5. The van der Waals surface area contributed by atoms with E-state index in [-0.39, 0.29) is 29.6 Å². The quantitative estimate of drug-likeness (QED) is 0.176. The fraction of sp³-hybridized carbons (Fsp3) is 0.467. The van der Waals surface area contributed by atoms with Crippen molar-refractivity contribution in [2.24, 2.45) is 11.8 Å². The number of amides is 2. The Kier molecular flexibility index (Phi) is 6.23. The van der Waals surface area contributed by atoms with Crippen molar-refractivity contribution < 1.29 is 28.2 Å². The highest BCUT2D eigenvalue weighted by Gasteiger charge is 2.28. The molecule has 10 heteroatoms. The Balaban J connectivity index is 1.92. The monoisotopic (exact) mass is 354 g/mol. The van der Waals surface area contributed by atoms with Crippen LogP contribution in [0.1, 0.15) is 25.7 Å². The van der Waals surface area contributed by atoms with Gasteiger partial charge in [0.05, 0.1) is 18.7 Å². The first-order valence-corrected chi connectivity index (χ1v) is 7.67. The maximum Gasteiger partial charge on any atom is 0.323 e. The van der Waals surface area contributed by atoms with Gasteiger partial charge >= 0.3 is 17.8 Å². The van der Waals surface area contributed by atoms with Crippen molar-refractivity contribution in [1.29, 1.82) is 0 Å². The first kappa shape index (κ1) is 18.6. The molecule has 1 aromatic rings. The first-order valence-electron chi connectivity index (χ1n) is 7.67. The zero-order valence-corrected chi connectivity index (χ0v) is 13.6. The number of halogens is 1. The number of rotatable bonds is 4. The lowest BCUT2D eigenvalue weighted by molar-refractivity contribution is -0.147. The van der Waals surface area contributed by atoms with Gasteiger partial charge in [-0.05, 0) is 31.7 Å². The predicted molar refractivity (Wildman–Crippen MR) is 83.5 cm³/mol. The van der Waals surface area contributed by atoms with Gasteiger partial charge in [0.25, 0.3) is 0 Å². The molecule has 1 saturated carbocycles. The molecule has 2 amide bonds. The van der Waals surface area contributed by atoms with Crippen LogP contribution < -0.4 is 21.3 Å². The molecule has 0 unspecified atom stereocenters. The number of nitrogens with one attached hydrogen (secondary N) is 2. The van der Waals surface area contributed by atoms with E-state index in [9.17, 15) is 18.8 Å². The summed E-state index contributed by atoms with van der Waals surface area (Å²) in [6.07, 6.45) is 2.32. The van der Waals surface area contributed by atoms with Crippen molar-refractivity contribution in [1.82, 2.24) is 10.4 Å². The minimum Gasteiger partial charge on any atom is -0.474 e. The number of esters is 1. The van der Waals surface area contributed by atoms with E-state index >= 15 is 0 Å². The second-order valence-electron chi connectivity index (χ2n) is 5.53. The summed E-state index contributed by atoms with van der Waals surface area (Å²) in [4.78, 5) is 37.4. The number of carbonyl (C=O) groups is 3. The zero-order valence-electron chi connectivity index (χ0n) is 13.6. The van der Waals surface area contributed by atoms with Crippen LogP contribution in [-0.2, 0) is 19.1 Å². The Morgan fingerprint density at radius 3 is 2.44 bits per heavy atom. The number of carbonyl (C=O) groups excluding carboxylic acids is 3. The van der Waals surface area contributed by atoms with Gasteiger partial charge in [-0.1, -0.05) is 0 Å². The highest BCUT2D eigenvalue weighted by Crippen LogP contribution is 2.28. The van der Waals surface area contributed by atoms with E-state index in [0.29, 0.717) is 25.7 Å². The molecule has 1 fully saturated rings. The van der Waals surface area contributed by atoms with Crippen LogP contribution in [0.3, 0.4) is 0 Å². The van der Waals surface area contributed by atoms with Gasteiger partial charge in [-0.2, -0.15) is 9.37 Å². The largest absolute Gasteiger partial charge is 0.474 e. The summed E-state index contributed by atoms with van der Waals surface area (Å²) in [5.74, 6) is 1.29. The number of hydrogen-bond donors (Lipinski definition) is 3. The van der Waals surface area contributed by atoms with Crippen LogP contribution in [0.4, 0.5) is 10.1 Å². The Hall–Kier alpha value is -2.75. The summed E-state index contributed by atoms with van der Waals surface area (Å²) >= 11 is 0. The third kappa shape index (κ3) is 4.86. The second kappa shape index (κ2) is 8.38. The average Bonchev–Trinajstić information content (AvgIpc) is 2.63. The molecule has 4 N–H and O–H groups in total. The summed E-state index contributed by atoms with van der Waals surface area (Å²) < 4.78 is 24.2. The van der Waals surface area contributed by atoms with Crippen LogP contribution in [0.15, 0.2) is 12.1 Å². The van der Waals surface area contributed by atoms with Crippen molar-refractivity contribution in [3.8, 4) is 5.88 Å². The van der Waals surface area contributed by atoms with E-state index in [1.165, 1.54) is 19.2 Å². The fourth-order valence-corrected chi connectivity index (χ4v) is 2.57. The number of ether oxygens (including phenoxy) is 2. The molecule has 0 bridgehead atoms. The Bertz CT molecular complexity index is 661. The highest BCUT2D eigenvalue weighted by atomic mass is 19.1. The molecule has 1 aromatic heterocycles. The molecule has 0 aromatic carbocycles. The molecule has 0 aliphatic heterocycles. The Morgan fingerprint density at radius 2 is 1.88 bits per heavy atom. The third-order valence-electron chi connectivity index (χ3n) is 3.90. The lowest BCUT2D eigenvalue weighted by Crippen LogP contribution is -2.39. The molecule has 0 saturated heterocycles. The second-order valence-corrected chi connectivity index (χ2v) is 5.53. The number of hydrogen-bond acceptors (Lipinski definition) is 7. The molecule has 1 aliphatic rings. The smallest absolute Gasteiger partial charge is 0.323 e. The molecule has 9 nitrogen and oxygen atoms in total. The standard InChI is InChI=1S/C15H19FN4O5/c1-24-15(23)8-2-4-9(5-3-8)25-11-7-6-10(12(16)19-11)18-13(21)14(22)20-17/h6-9H,2-5,17H2,1H3,(H,18,21)(H,20,22)/t8-,9-.